The minimum atomic E-state index is -0.114. The number of nitrogens with one attached hydrogen (secondary N) is 1. The van der Waals surface area contributed by atoms with Crippen molar-refractivity contribution < 1.29 is 4.79 Å². The Kier molecular flexibility index (Phi) is 5.81. The van der Waals surface area contributed by atoms with E-state index >= 15 is 0 Å². The number of hydrogen-bond acceptors (Lipinski definition) is 3. The van der Waals surface area contributed by atoms with Crippen molar-refractivity contribution in [3.63, 3.8) is 0 Å². The monoisotopic (exact) mass is 333 g/mol. The maximum Gasteiger partial charge on any atom is 0.251 e. The first-order valence-electron chi connectivity index (χ1n) is 8.84. The minimum Gasteiger partial charge on any atom is -0.348 e. The van der Waals surface area contributed by atoms with E-state index in [9.17, 15) is 4.79 Å². The molecule has 0 radical (unpaired) electrons. The Morgan fingerprint density at radius 3 is 2.36 bits per heavy atom. The molecule has 1 saturated heterocycles. The first-order valence-corrected chi connectivity index (χ1v) is 8.84. The highest BCUT2D eigenvalue weighted by atomic mass is 16.1. The standard InChI is InChI=1S/C21H23N3O/c22-14-17-8-10-18(11-9-17)21(25)23-15-19-6-2-3-7-20(19)16-24-12-4-1-5-13-24/h2-3,6-11H,1,4-5,12-13,15-16H2,(H,23,25). The van der Waals surface area contributed by atoms with E-state index < -0.39 is 0 Å². The second kappa shape index (κ2) is 8.46. The number of amides is 1. The molecule has 0 atom stereocenters. The number of nitrogens with zero attached hydrogens (tertiary/aromatic N) is 2. The van der Waals surface area contributed by atoms with Crippen molar-refractivity contribution in [2.24, 2.45) is 0 Å². The summed E-state index contributed by atoms with van der Waals surface area (Å²) in [5, 5.41) is 11.8. The van der Waals surface area contributed by atoms with Crippen molar-refractivity contribution in [2.45, 2.75) is 32.4 Å². The Morgan fingerprint density at radius 2 is 1.68 bits per heavy atom. The van der Waals surface area contributed by atoms with Gasteiger partial charge in [0.1, 0.15) is 0 Å². The fourth-order valence-electron chi connectivity index (χ4n) is 3.22. The van der Waals surface area contributed by atoms with Crippen molar-refractivity contribution in [1.29, 1.82) is 5.26 Å². The van der Waals surface area contributed by atoms with E-state index in [0.29, 0.717) is 17.7 Å². The number of carbonyl (C=O) groups is 1. The Labute approximate surface area is 149 Å². The van der Waals surface area contributed by atoms with Crippen LogP contribution < -0.4 is 5.32 Å². The van der Waals surface area contributed by atoms with Crippen LogP contribution in [0.2, 0.25) is 0 Å². The Balaban J connectivity index is 1.62. The lowest BCUT2D eigenvalue weighted by molar-refractivity contribution is 0.0950. The van der Waals surface area contributed by atoms with Gasteiger partial charge in [-0.2, -0.15) is 5.26 Å². The van der Waals surface area contributed by atoms with Gasteiger partial charge in [-0.25, -0.2) is 0 Å². The summed E-state index contributed by atoms with van der Waals surface area (Å²) in [6, 6.07) is 17.1. The lowest BCUT2D eigenvalue weighted by atomic mass is 10.0. The molecule has 25 heavy (non-hydrogen) atoms. The third-order valence-corrected chi connectivity index (χ3v) is 4.68. The summed E-state index contributed by atoms with van der Waals surface area (Å²) in [7, 11) is 0. The molecule has 1 amide bonds. The normalized spacial score (nSPS) is 14.7. The van der Waals surface area contributed by atoms with Crippen LogP contribution in [0.3, 0.4) is 0 Å². The first-order chi connectivity index (χ1) is 12.3. The molecule has 0 spiro atoms. The van der Waals surface area contributed by atoms with Crippen LogP contribution >= 0.6 is 0 Å². The summed E-state index contributed by atoms with van der Waals surface area (Å²) < 4.78 is 0. The average Bonchev–Trinajstić information content (AvgIpc) is 2.68. The Hall–Kier alpha value is -2.64. The van der Waals surface area contributed by atoms with Gasteiger partial charge in [0.25, 0.3) is 5.91 Å². The number of nitriles is 1. The van der Waals surface area contributed by atoms with Crippen LogP contribution in [0.5, 0.6) is 0 Å². The number of hydrogen-bond donors (Lipinski definition) is 1. The molecule has 3 rings (SSSR count). The van der Waals surface area contributed by atoms with Gasteiger partial charge in [-0.05, 0) is 61.3 Å². The van der Waals surface area contributed by atoms with Crippen molar-refractivity contribution in [3.05, 3.63) is 70.8 Å². The number of rotatable bonds is 5. The van der Waals surface area contributed by atoms with Gasteiger partial charge in [0, 0.05) is 18.7 Å². The molecule has 0 unspecified atom stereocenters. The fourth-order valence-corrected chi connectivity index (χ4v) is 3.22. The van der Waals surface area contributed by atoms with Crippen molar-refractivity contribution in [1.82, 2.24) is 10.2 Å². The number of benzene rings is 2. The third-order valence-electron chi connectivity index (χ3n) is 4.68. The Bertz CT molecular complexity index is 755. The lowest BCUT2D eigenvalue weighted by Crippen LogP contribution is -2.30. The molecule has 4 nitrogen and oxygen atoms in total. The SMILES string of the molecule is N#Cc1ccc(C(=O)NCc2ccccc2CN2CCCCC2)cc1. The van der Waals surface area contributed by atoms with Crippen molar-refractivity contribution >= 4 is 5.91 Å². The first kappa shape index (κ1) is 17.2. The van der Waals surface area contributed by atoms with E-state index in [1.807, 2.05) is 6.07 Å². The maximum absolute atomic E-state index is 12.3. The van der Waals surface area contributed by atoms with Crippen LogP contribution in [0.25, 0.3) is 0 Å². The van der Waals surface area contributed by atoms with Crippen molar-refractivity contribution in [3.8, 4) is 6.07 Å². The molecular weight excluding hydrogens is 310 g/mol. The molecule has 2 aromatic rings. The highest BCUT2D eigenvalue weighted by Gasteiger charge is 2.13. The second-order valence-electron chi connectivity index (χ2n) is 6.48. The van der Waals surface area contributed by atoms with Gasteiger partial charge in [-0.1, -0.05) is 30.7 Å². The highest BCUT2D eigenvalue weighted by molar-refractivity contribution is 5.94. The van der Waals surface area contributed by atoms with Crippen LogP contribution in [0.15, 0.2) is 48.5 Å². The summed E-state index contributed by atoms with van der Waals surface area (Å²) in [5.41, 5.74) is 3.58. The lowest BCUT2D eigenvalue weighted by Gasteiger charge is -2.27. The molecule has 0 aliphatic carbocycles. The molecule has 2 aromatic carbocycles. The Morgan fingerprint density at radius 1 is 1.00 bits per heavy atom. The fraction of sp³-hybridized carbons (Fsp3) is 0.333. The van der Waals surface area contributed by atoms with Gasteiger partial charge in [0.15, 0.2) is 0 Å². The molecule has 1 aliphatic rings. The van der Waals surface area contributed by atoms with E-state index in [1.54, 1.807) is 24.3 Å². The molecule has 0 bridgehead atoms. The summed E-state index contributed by atoms with van der Waals surface area (Å²) in [5.74, 6) is -0.114. The molecule has 0 saturated carbocycles. The maximum atomic E-state index is 12.3. The smallest absolute Gasteiger partial charge is 0.251 e. The predicted octanol–water partition coefficient (Wildman–Crippen LogP) is 3.47. The molecule has 4 heteroatoms. The van der Waals surface area contributed by atoms with Crippen LogP contribution in [-0.4, -0.2) is 23.9 Å². The number of piperidine rings is 1. The van der Waals surface area contributed by atoms with E-state index in [2.05, 4.69) is 34.5 Å². The molecular formula is C21H23N3O. The average molecular weight is 333 g/mol. The molecule has 1 aliphatic heterocycles. The van der Waals surface area contributed by atoms with E-state index in [4.69, 9.17) is 5.26 Å². The molecule has 1 heterocycles. The van der Waals surface area contributed by atoms with E-state index in [1.165, 1.54) is 24.8 Å². The van der Waals surface area contributed by atoms with Gasteiger partial charge >= 0.3 is 0 Å². The summed E-state index contributed by atoms with van der Waals surface area (Å²) in [4.78, 5) is 14.8. The largest absolute Gasteiger partial charge is 0.348 e. The van der Waals surface area contributed by atoms with Gasteiger partial charge in [-0.3, -0.25) is 9.69 Å². The van der Waals surface area contributed by atoms with Crippen LogP contribution in [-0.2, 0) is 13.1 Å². The van der Waals surface area contributed by atoms with Crippen LogP contribution in [0, 0.1) is 11.3 Å². The van der Waals surface area contributed by atoms with Gasteiger partial charge in [0.05, 0.1) is 11.6 Å². The van der Waals surface area contributed by atoms with Gasteiger partial charge < -0.3 is 5.32 Å². The molecule has 1 fully saturated rings. The summed E-state index contributed by atoms with van der Waals surface area (Å²) >= 11 is 0. The topological polar surface area (TPSA) is 56.1 Å². The summed E-state index contributed by atoms with van der Waals surface area (Å²) in [6.07, 6.45) is 3.88. The quantitative estimate of drug-likeness (QED) is 0.911. The van der Waals surface area contributed by atoms with Gasteiger partial charge in [-0.15, -0.1) is 0 Å². The zero-order valence-corrected chi connectivity index (χ0v) is 14.4. The van der Waals surface area contributed by atoms with Crippen LogP contribution in [0.1, 0.15) is 46.3 Å². The predicted molar refractivity (Wildman–Crippen MR) is 97.9 cm³/mol. The van der Waals surface area contributed by atoms with Crippen LogP contribution in [0.4, 0.5) is 0 Å². The zero-order chi connectivity index (χ0) is 17.5. The highest BCUT2D eigenvalue weighted by Crippen LogP contribution is 2.16. The second-order valence-corrected chi connectivity index (χ2v) is 6.48. The van der Waals surface area contributed by atoms with Crippen molar-refractivity contribution in [2.75, 3.05) is 13.1 Å². The number of likely N-dealkylation sites (tertiary alicyclic amines) is 1. The summed E-state index contributed by atoms with van der Waals surface area (Å²) in [6.45, 7) is 3.78. The van der Waals surface area contributed by atoms with Gasteiger partial charge in [0.2, 0.25) is 0 Å². The molecule has 0 aromatic heterocycles. The zero-order valence-electron chi connectivity index (χ0n) is 14.4. The van der Waals surface area contributed by atoms with E-state index in [-0.39, 0.29) is 5.91 Å². The number of carbonyl (C=O) groups excluding carboxylic acids is 1. The minimum absolute atomic E-state index is 0.114. The molecule has 1 N–H and O–H groups in total. The third kappa shape index (κ3) is 4.68. The van der Waals surface area contributed by atoms with E-state index in [0.717, 1.165) is 25.2 Å². The molecule has 128 valence electrons.